The molecule has 0 fully saturated rings. The van der Waals surface area contributed by atoms with Crippen LogP contribution in [0.4, 0.5) is 0 Å². The fraction of sp³-hybridized carbons (Fsp3) is 0.200. The van der Waals surface area contributed by atoms with Gasteiger partial charge in [0.2, 0.25) is 0 Å². The van der Waals surface area contributed by atoms with Gasteiger partial charge in [0.15, 0.2) is 0 Å². The molecule has 0 aliphatic rings. The molecule has 0 saturated heterocycles. The van der Waals surface area contributed by atoms with E-state index >= 15 is 0 Å². The Hall–Kier alpha value is -2.21. The molecule has 0 heterocycles. The molecule has 0 radical (unpaired) electrons. The normalized spacial score (nSPS) is 12.0. The van der Waals surface area contributed by atoms with Crippen molar-refractivity contribution in [1.82, 2.24) is 0 Å². The van der Waals surface area contributed by atoms with Crippen LogP contribution in [0.1, 0.15) is 25.3 Å². The Balaban J connectivity index is 0.00000289. The molecule has 164 valence electrons. The summed E-state index contributed by atoms with van der Waals surface area (Å²) >= 11 is 0. The SMILES string of the molecule is CC[C@@H](CCc1ccccc1)C[P+](c1ccccc1)(c1ccccc1)c1ccccc1.[Br-]. The van der Waals surface area contributed by atoms with Gasteiger partial charge in [0, 0.05) is 0 Å². The minimum absolute atomic E-state index is 0. The molecule has 0 aliphatic heterocycles. The second-order valence-corrected chi connectivity index (χ2v) is 11.8. The summed E-state index contributed by atoms with van der Waals surface area (Å²) in [6.45, 7) is 2.37. The number of hydrogen-bond acceptors (Lipinski definition) is 0. The van der Waals surface area contributed by atoms with Crippen molar-refractivity contribution >= 4 is 23.2 Å². The van der Waals surface area contributed by atoms with Crippen LogP contribution in [0.25, 0.3) is 0 Å². The Morgan fingerprint density at radius 3 is 1.31 bits per heavy atom. The average Bonchev–Trinajstić information content (AvgIpc) is 2.87. The first-order valence-corrected chi connectivity index (χ1v) is 13.4. The van der Waals surface area contributed by atoms with Gasteiger partial charge in [-0.1, -0.05) is 91.9 Å². The van der Waals surface area contributed by atoms with Crippen LogP contribution in [0.15, 0.2) is 121 Å². The molecule has 0 nitrogen and oxygen atoms in total. The van der Waals surface area contributed by atoms with E-state index in [4.69, 9.17) is 0 Å². The molecular formula is C30H32BrP. The number of halogens is 1. The Kier molecular flexibility index (Phi) is 9.27. The predicted octanol–water partition coefficient (Wildman–Crippen LogP) is 3.64. The summed E-state index contributed by atoms with van der Waals surface area (Å²) in [4.78, 5) is 0. The first-order chi connectivity index (χ1) is 15.3. The quantitative estimate of drug-likeness (QED) is 0.306. The lowest BCUT2D eigenvalue weighted by atomic mass is 9.99. The van der Waals surface area contributed by atoms with Crippen molar-refractivity contribution in [3.8, 4) is 0 Å². The van der Waals surface area contributed by atoms with Gasteiger partial charge in [-0.3, -0.25) is 0 Å². The van der Waals surface area contributed by atoms with Crippen molar-refractivity contribution in [3.05, 3.63) is 127 Å². The molecule has 1 atom stereocenters. The molecule has 0 spiro atoms. The highest BCUT2D eigenvalue weighted by molar-refractivity contribution is 7.95. The van der Waals surface area contributed by atoms with Crippen LogP contribution in [0, 0.1) is 5.92 Å². The van der Waals surface area contributed by atoms with Crippen LogP contribution < -0.4 is 32.9 Å². The third-order valence-corrected chi connectivity index (χ3v) is 11.0. The van der Waals surface area contributed by atoms with E-state index in [1.165, 1.54) is 40.5 Å². The van der Waals surface area contributed by atoms with Crippen molar-refractivity contribution in [2.24, 2.45) is 5.92 Å². The van der Waals surface area contributed by atoms with Crippen LogP contribution in [0.3, 0.4) is 0 Å². The van der Waals surface area contributed by atoms with E-state index in [0.29, 0.717) is 5.92 Å². The molecule has 0 aliphatic carbocycles. The van der Waals surface area contributed by atoms with Gasteiger partial charge < -0.3 is 17.0 Å². The lowest BCUT2D eigenvalue weighted by molar-refractivity contribution is -0.00000614. The number of benzene rings is 4. The minimum Gasteiger partial charge on any atom is -1.00 e. The van der Waals surface area contributed by atoms with Crippen molar-refractivity contribution in [3.63, 3.8) is 0 Å². The Labute approximate surface area is 204 Å². The Bertz CT molecular complexity index is 937. The lowest BCUT2D eigenvalue weighted by Crippen LogP contribution is -3.00. The van der Waals surface area contributed by atoms with E-state index < -0.39 is 7.26 Å². The van der Waals surface area contributed by atoms with E-state index in [1.807, 2.05) is 0 Å². The van der Waals surface area contributed by atoms with Gasteiger partial charge in [-0.15, -0.1) is 0 Å². The molecule has 0 amide bonds. The first kappa shape index (κ1) is 24.4. The second kappa shape index (κ2) is 12.1. The van der Waals surface area contributed by atoms with Gasteiger partial charge in [0.25, 0.3) is 0 Å². The monoisotopic (exact) mass is 502 g/mol. The summed E-state index contributed by atoms with van der Waals surface area (Å²) in [5.41, 5.74) is 1.45. The van der Waals surface area contributed by atoms with Gasteiger partial charge in [0.1, 0.15) is 23.2 Å². The maximum Gasteiger partial charge on any atom is 0.112 e. The van der Waals surface area contributed by atoms with Gasteiger partial charge >= 0.3 is 0 Å². The zero-order valence-corrected chi connectivity index (χ0v) is 21.3. The van der Waals surface area contributed by atoms with Crippen molar-refractivity contribution in [2.75, 3.05) is 6.16 Å². The summed E-state index contributed by atoms with van der Waals surface area (Å²) in [5.74, 6) is 0.675. The second-order valence-electron chi connectivity index (χ2n) is 8.30. The summed E-state index contributed by atoms with van der Waals surface area (Å²) < 4.78 is 0. The largest absolute Gasteiger partial charge is 1.00 e. The highest BCUT2D eigenvalue weighted by atomic mass is 79.9. The molecule has 0 unspecified atom stereocenters. The first-order valence-electron chi connectivity index (χ1n) is 11.4. The van der Waals surface area contributed by atoms with E-state index in [9.17, 15) is 0 Å². The van der Waals surface area contributed by atoms with Crippen molar-refractivity contribution < 1.29 is 17.0 Å². The molecule has 0 saturated carbocycles. The van der Waals surface area contributed by atoms with Crippen molar-refractivity contribution in [1.29, 1.82) is 0 Å². The highest BCUT2D eigenvalue weighted by Gasteiger charge is 2.46. The molecule has 4 rings (SSSR count). The number of hydrogen-bond donors (Lipinski definition) is 0. The predicted molar refractivity (Wildman–Crippen MR) is 139 cm³/mol. The van der Waals surface area contributed by atoms with Crippen molar-refractivity contribution in [2.45, 2.75) is 26.2 Å². The Morgan fingerprint density at radius 1 is 0.562 bits per heavy atom. The molecule has 0 aromatic heterocycles. The maximum absolute atomic E-state index is 2.37. The Morgan fingerprint density at radius 2 is 0.938 bits per heavy atom. The standard InChI is InChI=1S/C30H32P.BrH/c1-2-26(23-24-27-15-7-3-8-16-27)25-31(28-17-9-4-10-18-28,29-19-11-5-12-20-29)30-21-13-6-14-22-30;/h3-22,26H,2,23-25H2,1H3;1H/q+1;/p-1/t26-;/m0./s1. The third kappa shape index (κ3) is 5.58. The number of aryl methyl sites for hydroxylation is 1. The molecule has 32 heavy (non-hydrogen) atoms. The molecule has 0 N–H and O–H groups in total. The summed E-state index contributed by atoms with van der Waals surface area (Å²) in [6, 6.07) is 44.8. The summed E-state index contributed by atoms with van der Waals surface area (Å²) in [5, 5.41) is 4.47. The maximum atomic E-state index is 2.37. The van der Waals surface area contributed by atoms with Crippen LogP contribution >= 0.6 is 7.26 Å². The van der Waals surface area contributed by atoms with Crippen LogP contribution in [-0.4, -0.2) is 6.16 Å². The fourth-order valence-electron chi connectivity index (χ4n) is 4.64. The lowest BCUT2D eigenvalue weighted by Gasteiger charge is -2.31. The molecule has 4 aromatic carbocycles. The van der Waals surface area contributed by atoms with Crippen LogP contribution in [-0.2, 0) is 6.42 Å². The van der Waals surface area contributed by atoms with Crippen LogP contribution in [0.2, 0.25) is 0 Å². The zero-order chi connectivity index (χ0) is 21.4. The topological polar surface area (TPSA) is 0 Å². The third-order valence-electron chi connectivity index (χ3n) is 6.38. The smallest absolute Gasteiger partial charge is 0.112 e. The van der Waals surface area contributed by atoms with Gasteiger partial charge in [0.05, 0.1) is 6.16 Å². The zero-order valence-electron chi connectivity index (χ0n) is 18.8. The van der Waals surface area contributed by atoms with Gasteiger partial charge in [-0.05, 0) is 67.1 Å². The van der Waals surface area contributed by atoms with E-state index in [2.05, 4.69) is 128 Å². The van der Waals surface area contributed by atoms with E-state index in [0.717, 1.165) is 6.42 Å². The molecular weight excluding hydrogens is 471 g/mol. The molecule has 4 aromatic rings. The van der Waals surface area contributed by atoms with Crippen LogP contribution in [0.5, 0.6) is 0 Å². The molecule has 0 bridgehead atoms. The number of rotatable bonds is 9. The van der Waals surface area contributed by atoms with Gasteiger partial charge in [-0.2, -0.15) is 0 Å². The average molecular weight is 503 g/mol. The molecule has 2 heteroatoms. The fourth-order valence-corrected chi connectivity index (χ4v) is 9.42. The summed E-state index contributed by atoms with van der Waals surface area (Å²) in [6.07, 6.45) is 4.81. The van der Waals surface area contributed by atoms with Gasteiger partial charge in [-0.25, -0.2) is 0 Å². The summed E-state index contributed by atoms with van der Waals surface area (Å²) in [7, 11) is -1.75. The minimum atomic E-state index is -1.75. The van der Waals surface area contributed by atoms with E-state index in [1.54, 1.807) is 0 Å². The van der Waals surface area contributed by atoms with E-state index in [-0.39, 0.29) is 17.0 Å². The highest BCUT2D eigenvalue weighted by Crippen LogP contribution is 2.57.